The zero-order chi connectivity index (χ0) is 23.0. The number of carbonyl (C=O) groups is 3. The maximum atomic E-state index is 13.0. The Hall–Kier alpha value is -3.66. The Bertz CT molecular complexity index is 1120. The van der Waals surface area contributed by atoms with E-state index in [4.69, 9.17) is 21.1 Å². The van der Waals surface area contributed by atoms with Crippen molar-refractivity contribution >= 4 is 40.7 Å². The topological polar surface area (TPSA) is 113 Å². The van der Waals surface area contributed by atoms with Crippen LogP contribution >= 0.6 is 11.6 Å². The number of hydrogen-bond donors (Lipinski definition) is 1. The third-order valence-electron chi connectivity index (χ3n) is 5.20. The van der Waals surface area contributed by atoms with Crippen LogP contribution in [0.15, 0.2) is 46.7 Å². The molecule has 11 heteroatoms. The standard InChI is InChI=1S/C21H20ClN5O5/c1-11-4-6-12(7-5-11)27-20(29)18-19(21(27)30)26(25-24-18)10-17(28)23-14-8-13(22)15(31-2)9-16(14)32-3/h4-9,18-19H,10H2,1-3H3,(H,23,28)/t18-,19+/m1/s1. The van der Waals surface area contributed by atoms with E-state index in [1.54, 1.807) is 18.2 Å². The highest BCUT2D eigenvalue weighted by Gasteiger charge is 2.55. The van der Waals surface area contributed by atoms with E-state index in [0.29, 0.717) is 22.9 Å². The predicted molar refractivity (Wildman–Crippen MR) is 116 cm³/mol. The molecule has 1 N–H and O–H groups in total. The van der Waals surface area contributed by atoms with Gasteiger partial charge in [0, 0.05) is 6.07 Å². The van der Waals surface area contributed by atoms with Gasteiger partial charge in [0.05, 0.1) is 30.6 Å². The molecule has 2 atom stereocenters. The minimum atomic E-state index is -0.985. The molecule has 1 fully saturated rings. The third kappa shape index (κ3) is 3.73. The van der Waals surface area contributed by atoms with E-state index in [2.05, 4.69) is 15.7 Å². The number of aryl methyl sites for hydroxylation is 1. The monoisotopic (exact) mass is 457 g/mol. The molecule has 3 amide bonds. The first kappa shape index (κ1) is 21.6. The summed E-state index contributed by atoms with van der Waals surface area (Å²) >= 11 is 6.14. The number of hydrogen-bond acceptors (Lipinski definition) is 8. The van der Waals surface area contributed by atoms with Gasteiger partial charge in [0.25, 0.3) is 11.8 Å². The second-order valence-electron chi connectivity index (χ2n) is 7.27. The Kier molecular flexibility index (Phi) is 5.70. The van der Waals surface area contributed by atoms with Gasteiger partial charge in [-0.25, -0.2) is 4.90 Å². The molecule has 2 aromatic rings. The summed E-state index contributed by atoms with van der Waals surface area (Å²) < 4.78 is 10.4. The van der Waals surface area contributed by atoms with Gasteiger partial charge in [0.1, 0.15) is 18.0 Å². The largest absolute Gasteiger partial charge is 0.495 e. The molecule has 166 valence electrons. The summed E-state index contributed by atoms with van der Waals surface area (Å²) in [5.74, 6) is -0.703. The van der Waals surface area contributed by atoms with Crippen molar-refractivity contribution in [3.63, 3.8) is 0 Å². The summed E-state index contributed by atoms with van der Waals surface area (Å²) in [6.07, 6.45) is 0. The number of anilines is 2. The second-order valence-corrected chi connectivity index (χ2v) is 7.68. The van der Waals surface area contributed by atoms with Gasteiger partial charge in [-0.3, -0.25) is 19.4 Å². The van der Waals surface area contributed by atoms with Crippen LogP contribution in [0.1, 0.15) is 5.56 Å². The number of nitrogens with one attached hydrogen (secondary N) is 1. The Labute approximate surface area is 188 Å². The molecule has 4 rings (SSSR count). The summed E-state index contributed by atoms with van der Waals surface area (Å²) in [5.41, 5.74) is 1.78. The first-order valence-corrected chi connectivity index (χ1v) is 10.0. The maximum Gasteiger partial charge on any atom is 0.263 e. The van der Waals surface area contributed by atoms with Gasteiger partial charge in [-0.1, -0.05) is 34.5 Å². The van der Waals surface area contributed by atoms with Crippen LogP contribution in [-0.2, 0) is 14.4 Å². The van der Waals surface area contributed by atoms with Crippen molar-refractivity contribution in [2.45, 2.75) is 19.0 Å². The average Bonchev–Trinajstić information content (AvgIpc) is 3.28. The van der Waals surface area contributed by atoms with E-state index < -0.39 is 29.8 Å². The SMILES string of the molecule is COc1cc(OC)c(NC(=O)CN2N=N[C@H]3C(=O)N(c4ccc(C)cc4)C(=O)[C@H]32)cc1Cl. The Balaban J connectivity index is 1.49. The van der Waals surface area contributed by atoms with Crippen molar-refractivity contribution in [2.24, 2.45) is 10.3 Å². The lowest BCUT2D eigenvalue weighted by atomic mass is 10.1. The van der Waals surface area contributed by atoms with Crippen LogP contribution in [0.5, 0.6) is 11.5 Å². The molecule has 2 aromatic carbocycles. The second kappa shape index (κ2) is 8.46. The molecular formula is C21H20ClN5O5. The first-order valence-electron chi connectivity index (χ1n) is 9.67. The minimum Gasteiger partial charge on any atom is -0.495 e. The number of benzene rings is 2. The fourth-order valence-corrected chi connectivity index (χ4v) is 3.84. The number of halogens is 1. The quantitative estimate of drug-likeness (QED) is 0.667. The lowest BCUT2D eigenvalue weighted by Gasteiger charge is -2.20. The lowest BCUT2D eigenvalue weighted by molar-refractivity contribution is -0.123. The van der Waals surface area contributed by atoms with Crippen LogP contribution in [0.25, 0.3) is 0 Å². The molecule has 0 saturated carbocycles. The number of fused-ring (bicyclic) bond motifs is 1. The molecule has 10 nitrogen and oxygen atoms in total. The fourth-order valence-electron chi connectivity index (χ4n) is 3.60. The molecule has 0 aliphatic carbocycles. The Morgan fingerprint density at radius 1 is 1.09 bits per heavy atom. The molecule has 32 heavy (non-hydrogen) atoms. The zero-order valence-electron chi connectivity index (χ0n) is 17.5. The summed E-state index contributed by atoms with van der Waals surface area (Å²) in [7, 11) is 2.91. The summed E-state index contributed by atoms with van der Waals surface area (Å²) in [6, 6.07) is 8.09. The van der Waals surface area contributed by atoms with Gasteiger partial charge in [0.2, 0.25) is 5.91 Å². The van der Waals surface area contributed by atoms with Gasteiger partial charge in [-0.2, -0.15) is 5.11 Å². The zero-order valence-corrected chi connectivity index (χ0v) is 18.3. The van der Waals surface area contributed by atoms with E-state index in [0.717, 1.165) is 10.5 Å². The van der Waals surface area contributed by atoms with E-state index in [1.165, 1.54) is 25.3 Å². The number of carbonyl (C=O) groups excluding carboxylic acids is 3. The highest BCUT2D eigenvalue weighted by Crippen LogP contribution is 2.36. The average molecular weight is 458 g/mol. The van der Waals surface area contributed by atoms with Crippen molar-refractivity contribution < 1.29 is 23.9 Å². The van der Waals surface area contributed by atoms with Crippen molar-refractivity contribution in [3.8, 4) is 11.5 Å². The highest BCUT2D eigenvalue weighted by molar-refractivity contribution is 6.32. The van der Waals surface area contributed by atoms with Crippen LogP contribution in [0.3, 0.4) is 0 Å². The van der Waals surface area contributed by atoms with Crippen molar-refractivity contribution in [3.05, 3.63) is 47.0 Å². The minimum absolute atomic E-state index is 0.287. The van der Waals surface area contributed by atoms with Crippen LogP contribution in [0.2, 0.25) is 5.02 Å². The van der Waals surface area contributed by atoms with Crippen LogP contribution < -0.4 is 19.7 Å². The fraction of sp³-hybridized carbons (Fsp3) is 0.286. The van der Waals surface area contributed by atoms with Crippen LogP contribution in [0.4, 0.5) is 11.4 Å². The normalized spacial score (nSPS) is 19.4. The van der Waals surface area contributed by atoms with Gasteiger partial charge in [-0.15, -0.1) is 0 Å². The number of amides is 3. The molecule has 0 radical (unpaired) electrons. The molecule has 2 aliphatic heterocycles. The molecule has 2 aliphatic rings. The van der Waals surface area contributed by atoms with E-state index in [-0.39, 0.29) is 11.6 Å². The van der Waals surface area contributed by atoms with Crippen molar-refractivity contribution in [2.75, 3.05) is 31.0 Å². The van der Waals surface area contributed by atoms with Crippen molar-refractivity contribution in [1.82, 2.24) is 5.01 Å². The molecule has 0 bridgehead atoms. The molecule has 0 unspecified atom stereocenters. The van der Waals surface area contributed by atoms with E-state index in [9.17, 15) is 14.4 Å². The maximum absolute atomic E-state index is 13.0. The van der Waals surface area contributed by atoms with Crippen molar-refractivity contribution in [1.29, 1.82) is 0 Å². The van der Waals surface area contributed by atoms with Gasteiger partial charge in [-0.05, 0) is 25.1 Å². The highest BCUT2D eigenvalue weighted by atomic mass is 35.5. The van der Waals surface area contributed by atoms with Crippen LogP contribution in [-0.4, -0.2) is 55.6 Å². The number of imide groups is 1. The summed E-state index contributed by atoms with van der Waals surface area (Å²) in [5, 5.41) is 12.0. The predicted octanol–water partition coefficient (Wildman–Crippen LogP) is 2.60. The molecular weight excluding hydrogens is 438 g/mol. The van der Waals surface area contributed by atoms with E-state index >= 15 is 0 Å². The molecule has 0 aromatic heterocycles. The Morgan fingerprint density at radius 3 is 2.44 bits per heavy atom. The number of rotatable bonds is 6. The third-order valence-corrected chi connectivity index (χ3v) is 5.50. The smallest absolute Gasteiger partial charge is 0.263 e. The number of ether oxygens (including phenoxy) is 2. The summed E-state index contributed by atoms with van der Waals surface area (Å²) in [4.78, 5) is 39.5. The lowest BCUT2D eigenvalue weighted by Crippen LogP contribution is -2.43. The van der Waals surface area contributed by atoms with E-state index in [1.807, 2.05) is 19.1 Å². The van der Waals surface area contributed by atoms with Gasteiger partial charge < -0.3 is 14.8 Å². The van der Waals surface area contributed by atoms with Gasteiger partial charge >= 0.3 is 0 Å². The number of nitrogens with zero attached hydrogens (tertiary/aromatic N) is 4. The molecule has 0 spiro atoms. The first-order chi connectivity index (χ1) is 15.3. The van der Waals surface area contributed by atoms with Crippen LogP contribution in [0, 0.1) is 6.92 Å². The molecule has 2 heterocycles. The summed E-state index contributed by atoms with van der Waals surface area (Å²) in [6.45, 7) is 1.61. The molecule has 1 saturated heterocycles. The van der Waals surface area contributed by atoms with Gasteiger partial charge in [0.15, 0.2) is 12.1 Å². The number of methoxy groups -OCH3 is 2. The Morgan fingerprint density at radius 2 is 1.78 bits per heavy atom.